The molecule has 1 N–H and O–H groups in total. The molecule has 0 aliphatic carbocycles. The smallest absolute Gasteiger partial charge is 0.198 e. The van der Waals surface area contributed by atoms with Crippen LogP contribution >= 0.6 is 11.3 Å². The zero-order chi connectivity index (χ0) is 34.9. The molecule has 0 saturated carbocycles. The van der Waals surface area contributed by atoms with E-state index in [1.54, 1.807) is 0 Å². The largest absolute Gasteiger partial charge is 0.355 e. The number of nitrogens with one attached hydrogen (secondary N) is 1. The summed E-state index contributed by atoms with van der Waals surface area (Å²) in [6, 6.07) is 66.9. The highest BCUT2D eigenvalue weighted by molar-refractivity contribution is 7.25. The topological polar surface area (TPSA) is 17.0 Å². The van der Waals surface area contributed by atoms with Gasteiger partial charge >= 0.3 is 0 Å². The number of anilines is 2. The van der Waals surface area contributed by atoms with Crippen molar-refractivity contribution in [3.8, 4) is 16.8 Å². The number of hydrogen-bond acceptors (Lipinski definition) is 2. The van der Waals surface area contributed by atoms with Gasteiger partial charge in [-0.25, -0.2) is 0 Å². The van der Waals surface area contributed by atoms with Crippen LogP contribution in [0.4, 0.5) is 11.4 Å². The summed E-state index contributed by atoms with van der Waals surface area (Å²) in [6.07, 6.45) is 0. The van der Waals surface area contributed by atoms with E-state index in [0.717, 1.165) is 18.7 Å². The molecular weight excluding hydrogens is 659 g/mol. The fourth-order valence-electron chi connectivity index (χ4n) is 8.85. The fraction of sp³-hybridized carbons (Fsp3) is 0.0204. The molecule has 4 heteroatoms. The third-order valence-electron chi connectivity index (χ3n) is 11.1. The number of para-hydroxylation sites is 3. The molecule has 0 bridgehead atoms. The van der Waals surface area contributed by atoms with Gasteiger partial charge in [0.25, 0.3) is 0 Å². The molecule has 0 amide bonds. The minimum Gasteiger partial charge on any atom is -0.355 e. The van der Waals surface area contributed by atoms with Crippen LogP contribution in [0, 0.1) is 0 Å². The quantitative estimate of drug-likeness (QED) is 0.136. The molecule has 2 nitrogen and oxygen atoms in total. The number of benzene rings is 8. The van der Waals surface area contributed by atoms with Crippen molar-refractivity contribution < 1.29 is 0 Å². The highest BCUT2D eigenvalue weighted by atomic mass is 32.1. The second kappa shape index (κ2) is 12.1. The van der Waals surface area contributed by atoms with Crippen molar-refractivity contribution in [3.05, 3.63) is 199 Å². The van der Waals surface area contributed by atoms with Crippen LogP contribution in [0.3, 0.4) is 0 Å². The maximum absolute atomic E-state index is 3.79. The van der Waals surface area contributed by atoms with Gasteiger partial charge in [0, 0.05) is 65.0 Å². The monoisotopic (exact) mass is 692 g/mol. The standard InChI is InChI=1S/C49H33BN2S/c1-4-16-31(17-5-1)46(32-18-6-2-7-19-32)39-28-38(34-22-10-13-25-41(34)51-33-20-8-3-9-21-33)48-49-47(39)36-24-11-14-26-42(36)52(49)43-29-37-35-23-12-15-27-44(35)53-45(37)30-40(43)50-48/h1-30,46,50-51H. The van der Waals surface area contributed by atoms with Crippen molar-refractivity contribution >= 4 is 82.9 Å². The van der Waals surface area contributed by atoms with Crippen LogP contribution in [0.5, 0.6) is 0 Å². The lowest BCUT2D eigenvalue weighted by molar-refractivity contribution is 0.990. The number of nitrogens with zero attached hydrogens (tertiary/aromatic N) is 1. The summed E-state index contributed by atoms with van der Waals surface area (Å²) in [5.74, 6) is 0.0309. The molecular formula is C49H33BN2S. The first-order chi connectivity index (χ1) is 26.3. The van der Waals surface area contributed by atoms with E-state index >= 15 is 0 Å². The maximum Gasteiger partial charge on any atom is 0.198 e. The van der Waals surface area contributed by atoms with Crippen LogP contribution in [-0.4, -0.2) is 11.8 Å². The van der Waals surface area contributed by atoms with Gasteiger partial charge < -0.3 is 9.88 Å². The van der Waals surface area contributed by atoms with Crippen molar-refractivity contribution in [1.82, 2.24) is 4.57 Å². The van der Waals surface area contributed by atoms with Gasteiger partial charge in [-0.1, -0.05) is 139 Å². The van der Waals surface area contributed by atoms with Crippen LogP contribution in [0.25, 0.3) is 58.8 Å². The number of fused-ring (bicyclic) bond motifs is 8. The van der Waals surface area contributed by atoms with Gasteiger partial charge in [0.1, 0.15) is 0 Å². The summed E-state index contributed by atoms with van der Waals surface area (Å²) in [6.45, 7) is 0. The van der Waals surface area contributed by atoms with E-state index in [1.807, 2.05) is 11.3 Å². The Kier molecular flexibility index (Phi) is 6.93. The summed E-state index contributed by atoms with van der Waals surface area (Å²) in [7, 11) is 0.850. The Balaban J connectivity index is 1.29. The zero-order valence-corrected chi connectivity index (χ0v) is 29.8. The van der Waals surface area contributed by atoms with Gasteiger partial charge in [-0.05, 0) is 76.2 Å². The van der Waals surface area contributed by atoms with Crippen LogP contribution in [0.2, 0.25) is 0 Å². The Morgan fingerprint density at radius 1 is 0.528 bits per heavy atom. The molecule has 0 radical (unpaired) electrons. The van der Waals surface area contributed by atoms with Gasteiger partial charge in [-0.3, -0.25) is 0 Å². The first kappa shape index (κ1) is 30.3. The SMILES string of the molecule is B1c2cc3sc4ccccc4c3cc2-n2c3ccccc3c3c(C(c4ccccc4)c4ccccc4)cc(-c4ccccc4Nc4ccccc4)c1c32. The lowest BCUT2D eigenvalue weighted by atomic mass is 9.58. The first-order valence-electron chi connectivity index (χ1n) is 18.3. The highest BCUT2D eigenvalue weighted by Gasteiger charge is 2.31. The van der Waals surface area contributed by atoms with Crippen molar-refractivity contribution in [3.63, 3.8) is 0 Å². The molecule has 2 aromatic heterocycles. The molecule has 11 rings (SSSR count). The van der Waals surface area contributed by atoms with Gasteiger partial charge in [0.2, 0.25) is 0 Å². The molecule has 8 aromatic carbocycles. The van der Waals surface area contributed by atoms with Crippen LogP contribution in [0.1, 0.15) is 22.6 Å². The van der Waals surface area contributed by atoms with Crippen molar-refractivity contribution in [1.29, 1.82) is 0 Å². The molecule has 1 aliphatic rings. The molecule has 0 unspecified atom stereocenters. The second-order valence-corrected chi connectivity index (χ2v) is 15.2. The predicted molar refractivity (Wildman–Crippen MR) is 229 cm³/mol. The van der Waals surface area contributed by atoms with Crippen LogP contribution < -0.4 is 16.2 Å². The molecule has 1 aliphatic heterocycles. The third-order valence-corrected chi connectivity index (χ3v) is 12.2. The summed E-state index contributed by atoms with van der Waals surface area (Å²) in [5, 5.41) is 9.09. The Morgan fingerprint density at radius 3 is 1.94 bits per heavy atom. The lowest BCUT2D eigenvalue weighted by Crippen LogP contribution is -2.37. The molecule has 0 saturated heterocycles. The molecule has 0 spiro atoms. The second-order valence-electron chi connectivity index (χ2n) is 14.1. The lowest BCUT2D eigenvalue weighted by Gasteiger charge is -2.27. The van der Waals surface area contributed by atoms with E-state index in [9.17, 15) is 0 Å². The number of rotatable bonds is 6. The summed E-state index contributed by atoms with van der Waals surface area (Å²) in [4.78, 5) is 0. The number of hydrogen-bond donors (Lipinski definition) is 1. The van der Waals surface area contributed by atoms with Crippen molar-refractivity contribution in [2.24, 2.45) is 0 Å². The minimum atomic E-state index is 0.0309. The Morgan fingerprint density at radius 2 is 1.17 bits per heavy atom. The van der Waals surface area contributed by atoms with E-state index < -0.39 is 0 Å². The van der Waals surface area contributed by atoms with Gasteiger partial charge in [-0.15, -0.1) is 11.3 Å². The maximum atomic E-state index is 3.79. The van der Waals surface area contributed by atoms with Crippen molar-refractivity contribution in [2.75, 3.05) is 5.32 Å². The minimum absolute atomic E-state index is 0.0309. The number of thiophene rings is 1. The third kappa shape index (κ3) is 4.80. The molecule has 0 fully saturated rings. The molecule has 0 atom stereocenters. The van der Waals surface area contributed by atoms with E-state index in [0.29, 0.717) is 0 Å². The van der Waals surface area contributed by atoms with Crippen LogP contribution in [0.15, 0.2) is 182 Å². The molecule has 53 heavy (non-hydrogen) atoms. The van der Waals surface area contributed by atoms with Gasteiger partial charge in [0.05, 0.1) is 5.52 Å². The Hall–Kier alpha value is -6.36. The van der Waals surface area contributed by atoms with Crippen molar-refractivity contribution in [2.45, 2.75) is 5.92 Å². The van der Waals surface area contributed by atoms with E-state index in [2.05, 4.69) is 192 Å². The fourth-order valence-corrected chi connectivity index (χ4v) is 10.00. The first-order valence-corrected chi connectivity index (χ1v) is 19.2. The normalized spacial score (nSPS) is 12.1. The Labute approximate surface area is 312 Å². The zero-order valence-electron chi connectivity index (χ0n) is 29.0. The molecule has 3 heterocycles. The van der Waals surface area contributed by atoms with Gasteiger partial charge in [0.15, 0.2) is 7.28 Å². The Bertz CT molecular complexity index is 2960. The average molecular weight is 693 g/mol. The van der Waals surface area contributed by atoms with Gasteiger partial charge in [-0.2, -0.15) is 0 Å². The average Bonchev–Trinajstić information content (AvgIpc) is 3.76. The van der Waals surface area contributed by atoms with E-state index in [-0.39, 0.29) is 5.92 Å². The highest BCUT2D eigenvalue weighted by Crippen LogP contribution is 2.45. The molecule has 10 aromatic rings. The molecule has 248 valence electrons. The predicted octanol–water partition coefficient (Wildman–Crippen LogP) is 11.4. The summed E-state index contributed by atoms with van der Waals surface area (Å²) in [5.41, 5.74) is 15.1. The van der Waals surface area contributed by atoms with Crippen LogP contribution in [-0.2, 0) is 0 Å². The summed E-state index contributed by atoms with van der Waals surface area (Å²) >= 11 is 1.90. The van der Waals surface area contributed by atoms with E-state index in [4.69, 9.17) is 0 Å². The summed E-state index contributed by atoms with van der Waals surface area (Å²) < 4.78 is 5.28. The number of aromatic nitrogens is 1. The van der Waals surface area contributed by atoms with E-state index in [1.165, 1.54) is 86.4 Å².